The average molecular weight is 345 g/mol. The maximum absolute atomic E-state index is 14.3. The number of benzene rings is 2. The van der Waals surface area contributed by atoms with E-state index in [1.54, 1.807) is 12.1 Å². The smallest absolute Gasteiger partial charge is 0.411 e. The van der Waals surface area contributed by atoms with Crippen LogP contribution in [-0.2, 0) is 11.3 Å². The molecule has 2 aromatic carbocycles. The van der Waals surface area contributed by atoms with E-state index in [9.17, 15) is 19.4 Å². The van der Waals surface area contributed by atoms with E-state index in [4.69, 9.17) is 4.74 Å². The zero-order valence-electron chi connectivity index (χ0n) is 13.6. The van der Waals surface area contributed by atoms with Crippen LogP contribution in [-0.4, -0.2) is 29.5 Å². The zero-order valence-corrected chi connectivity index (χ0v) is 13.6. The second-order valence-corrected chi connectivity index (χ2v) is 6.14. The molecule has 2 aromatic rings. The molecule has 1 amide bonds. The first kappa shape index (κ1) is 17.4. The van der Waals surface area contributed by atoms with Crippen LogP contribution in [0.25, 0.3) is 0 Å². The number of hydrogen-bond acceptors (Lipinski definition) is 4. The average Bonchev–Trinajstić information content (AvgIpc) is 3.34. The number of ether oxygens (including phenoxy) is 1. The normalized spacial score (nSPS) is 21.6. The van der Waals surface area contributed by atoms with Gasteiger partial charge < -0.3 is 14.9 Å². The third kappa shape index (κ3) is 3.97. The maximum Gasteiger partial charge on any atom is 0.411 e. The van der Waals surface area contributed by atoms with Gasteiger partial charge in [-0.05, 0) is 41.0 Å². The zero-order chi connectivity index (χ0) is 17.8. The van der Waals surface area contributed by atoms with Gasteiger partial charge in [-0.15, -0.1) is 0 Å². The Balaban J connectivity index is 1.58. The van der Waals surface area contributed by atoms with Crippen molar-refractivity contribution in [3.05, 3.63) is 65.5 Å². The monoisotopic (exact) mass is 345 g/mol. The summed E-state index contributed by atoms with van der Waals surface area (Å²) < 4.78 is 19.4. The summed E-state index contributed by atoms with van der Waals surface area (Å²) in [6, 6.07) is 13.6. The molecule has 132 valence electrons. The number of aliphatic hydroxyl groups excluding tert-OH is 2. The highest BCUT2D eigenvalue weighted by Gasteiger charge is 2.50. The van der Waals surface area contributed by atoms with E-state index in [2.05, 4.69) is 5.32 Å². The highest BCUT2D eigenvalue weighted by atomic mass is 19.1. The molecule has 1 aliphatic carbocycles. The minimum Gasteiger partial charge on any atom is -0.444 e. The fourth-order valence-electron chi connectivity index (χ4n) is 3.16. The van der Waals surface area contributed by atoms with E-state index in [1.807, 2.05) is 30.3 Å². The van der Waals surface area contributed by atoms with E-state index < -0.39 is 11.9 Å². The summed E-state index contributed by atoms with van der Waals surface area (Å²) in [5, 5.41) is 21.0. The molecule has 1 aliphatic rings. The number of hydrogen-bond donors (Lipinski definition) is 3. The summed E-state index contributed by atoms with van der Waals surface area (Å²) >= 11 is 0. The first-order valence-electron chi connectivity index (χ1n) is 8.13. The minimum atomic E-state index is -0.663. The summed E-state index contributed by atoms with van der Waals surface area (Å²) in [7, 11) is 0. The minimum absolute atomic E-state index is 0.0822. The van der Waals surface area contributed by atoms with Crippen LogP contribution < -0.4 is 5.32 Å². The van der Waals surface area contributed by atoms with Crippen LogP contribution in [0, 0.1) is 17.7 Å². The molecule has 6 heteroatoms. The number of rotatable bonds is 6. The third-order valence-corrected chi connectivity index (χ3v) is 4.57. The van der Waals surface area contributed by atoms with Gasteiger partial charge in [0.25, 0.3) is 0 Å². The second-order valence-electron chi connectivity index (χ2n) is 6.14. The summed E-state index contributed by atoms with van der Waals surface area (Å²) in [5.74, 6) is -0.891. The Bertz CT molecular complexity index is 727. The van der Waals surface area contributed by atoms with Crippen molar-refractivity contribution in [1.29, 1.82) is 0 Å². The van der Waals surface area contributed by atoms with E-state index in [-0.39, 0.29) is 37.6 Å². The van der Waals surface area contributed by atoms with Crippen molar-refractivity contribution in [3.8, 4) is 0 Å². The Morgan fingerprint density at radius 1 is 1.08 bits per heavy atom. The van der Waals surface area contributed by atoms with Gasteiger partial charge in [-0.2, -0.15) is 0 Å². The molecule has 1 unspecified atom stereocenters. The van der Waals surface area contributed by atoms with Crippen LogP contribution >= 0.6 is 0 Å². The first-order valence-corrected chi connectivity index (χ1v) is 8.13. The number of carbonyl (C=O) groups excluding carboxylic acids is 1. The molecule has 0 aliphatic heterocycles. The molecule has 3 N–H and O–H groups in total. The largest absolute Gasteiger partial charge is 0.444 e. The number of anilines is 1. The number of halogens is 1. The molecule has 3 rings (SSSR count). The molecule has 0 spiro atoms. The SMILES string of the molecule is O=C(Nc1ccc(C2[C@@H](CO)[C@H]2CO)c(F)c1)OCc1ccccc1. The van der Waals surface area contributed by atoms with Crippen molar-refractivity contribution in [1.82, 2.24) is 0 Å². The second kappa shape index (κ2) is 7.63. The van der Waals surface area contributed by atoms with Crippen LogP contribution in [0.4, 0.5) is 14.9 Å². The molecule has 25 heavy (non-hydrogen) atoms. The molecular weight excluding hydrogens is 325 g/mol. The van der Waals surface area contributed by atoms with Crippen molar-refractivity contribution in [2.75, 3.05) is 18.5 Å². The number of aliphatic hydroxyl groups is 2. The lowest BCUT2D eigenvalue weighted by Gasteiger charge is -2.09. The van der Waals surface area contributed by atoms with Crippen LogP contribution in [0.1, 0.15) is 17.0 Å². The summed E-state index contributed by atoms with van der Waals surface area (Å²) in [6.07, 6.45) is -0.663. The van der Waals surface area contributed by atoms with Gasteiger partial charge in [0.2, 0.25) is 0 Å². The van der Waals surface area contributed by atoms with Crippen LogP contribution in [0.2, 0.25) is 0 Å². The Kier molecular flexibility index (Phi) is 5.31. The Hall–Kier alpha value is -2.44. The Morgan fingerprint density at radius 3 is 2.36 bits per heavy atom. The highest BCUT2D eigenvalue weighted by molar-refractivity contribution is 5.84. The molecule has 0 saturated heterocycles. The molecule has 0 radical (unpaired) electrons. The van der Waals surface area contributed by atoms with Crippen molar-refractivity contribution in [3.63, 3.8) is 0 Å². The van der Waals surface area contributed by atoms with Crippen molar-refractivity contribution >= 4 is 11.8 Å². The van der Waals surface area contributed by atoms with Gasteiger partial charge in [0.05, 0.1) is 0 Å². The lowest BCUT2D eigenvalue weighted by Crippen LogP contribution is -2.13. The van der Waals surface area contributed by atoms with Crippen LogP contribution in [0.3, 0.4) is 0 Å². The van der Waals surface area contributed by atoms with Gasteiger partial charge in [0.15, 0.2) is 0 Å². The van der Waals surface area contributed by atoms with Gasteiger partial charge >= 0.3 is 6.09 Å². The first-order chi connectivity index (χ1) is 12.1. The molecular formula is C19H20FNO4. The van der Waals surface area contributed by atoms with Crippen molar-refractivity contribution < 1.29 is 24.1 Å². The number of amides is 1. The topological polar surface area (TPSA) is 78.8 Å². The van der Waals surface area contributed by atoms with E-state index in [1.165, 1.54) is 6.07 Å². The van der Waals surface area contributed by atoms with Gasteiger partial charge in [-0.1, -0.05) is 36.4 Å². The summed E-state index contributed by atoms with van der Waals surface area (Å²) in [4.78, 5) is 11.8. The predicted molar refractivity (Wildman–Crippen MR) is 90.5 cm³/mol. The number of carbonyl (C=O) groups is 1. The highest BCUT2D eigenvalue weighted by Crippen LogP contribution is 2.54. The van der Waals surface area contributed by atoms with E-state index in [0.717, 1.165) is 5.56 Å². The summed E-state index contributed by atoms with van der Waals surface area (Å²) in [5.41, 5.74) is 1.60. The van der Waals surface area contributed by atoms with Crippen molar-refractivity contribution in [2.45, 2.75) is 12.5 Å². The molecule has 0 aromatic heterocycles. The summed E-state index contributed by atoms with van der Waals surface area (Å²) in [6.45, 7) is -0.0338. The van der Waals surface area contributed by atoms with Gasteiger partial charge in [-0.25, -0.2) is 9.18 Å². The Labute approximate surface area is 145 Å². The lowest BCUT2D eigenvalue weighted by molar-refractivity contribution is 0.155. The molecule has 3 atom stereocenters. The molecule has 1 fully saturated rings. The van der Waals surface area contributed by atoms with E-state index >= 15 is 0 Å². The number of nitrogens with one attached hydrogen (secondary N) is 1. The fraction of sp³-hybridized carbons (Fsp3) is 0.316. The van der Waals surface area contributed by atoms with Crippen LogP contribution in [0.15, 0.2) is 48.5 Å². The van der Waals surface area contributed by atoms with Crippen molar-refractivity contribution in [2.24, 2.45) is 11.8 Å². The fourth-order valence-corrected chi connectivity index (χ4v) is 3.16. The quantitative estimate of drug-likeness (QED) is 0.752. The molecule has 1 saturated carbocycles. The van der Waals surface area contributed by atoms with Gasteiger partial charge in [0, 0.05) is 18.9 Å². The predicted octanol–water partition coefficient (Wildman–Crippen LogP) is 2.89. The van der Waals surface area contributed by atoms with Gasteiger partial charge in [-0.3, -0.25) is 5.32 Å². The Morgan fingerprint density at radius 2 is 1.76 bits per heavy atom. The molecule has 0 bridgehead atoms. The molecule has 5 nitrogen and oxygen atoms in total. The lowest BCUT2D eigenvalue weighted by atomic mass is 10.1. The standard InChI is InChI=1S/C19H20FNO4/c20-17-8-13(6-7-14(17)18-15(9-22)16(18)10-23)21-19(24)25-11-12-4-2-1-3-5-12/h1-8,15-16,18,22-23H,9-11H2,(H,21,24)/t15-,16+,18?. The van der Waals surface area contributed by atoms with Crippen LogP contribution in [0.5, 0.6) is 0 Å². The van der Waals surface area contributed by atoms with Gasteiger partial charge in [0.1, 0.15) is 12.4 Å². The third-order valence-electron chi connectivity index (χ3n) is 4.57. The maximum atomic E-state index is 14.3. The van der Waals surface area contributed by atoms with E-state index in [0.29, 0.717) is 11.3 Å². The molecule has 0 heterocycles.